The molecule has 0 fully saturated rings. The van der Waals surface area contributed by atoms with Gasteiger partial charge in [-0.15, -0.1) is 0 Å². The highest BCUT2D eigenvalue weighted by Crippen LogP contribution is 2.21. The highest BCUT2D eigenvalue weighted by atomic mass is 79.9. The quantitative estimate of drug-likeness (QED) is 0.0560. The van der Waals surface area contributed by atoms with Crippen molar-refractivity contribution < 1.29 is 19.1 Å². The third-order valence-corrected chi connectivity index (χ3v) is 11.3. The van der Waals surface area contributed by atoms with E-state index in [-0.39, 0.29) is 25.2 Å². The van der Waals surface area contributed by atoms with Gasteiger partial charge in [0.15, 0.2) is 0 Å². The summed E-state index contributed by atoms with van der Waals surface area (Å²) in [6.45, 7) is 7.19. The van der Waals surface area contributed by atoms with E-state index in [4.69, 9.17) is 9.47 Å². The number of alkyl halides is 1. The van der Waals surface area contributed by atoms with E-state index in [1.165, 1.54) is 22.3 Å². The number of carbonyl (C=O) groups is 2. The monoisotopic (exact) mass is 994 g/mol. The van der Waals surface area contributed by atoms with Crippen LogP contribution >= 0.6 is 15.9 Å². The molecule has 0 aliphatic rings. The second-order valence-electron chi connectivity index (χ2n) is 16.4. The van der Waals surface area contributed by atoms with Gasteiger partial charge in [0, 0.05) is 26.2 Å². The summed E-state index contributed by atoms with van der Waals surface area (Å²) in [5.41, 5.74) is 8.88. The Labute approximate surface area is 425 Å². The smallest absolute Gasteiger partial charge is 0.324 e. The van der Waals surface area contributed by atoms with E-state index in [9.17, 15) is 9.59 Å². The third-order valence-electron chi connectivity index (χ3n) is 11.3. The first-order chi connectivity index (χ1) is 34.6. The Balaban J connectivity index is 0.000000244. The molecule has 0 radical (unpaired) electrons. The van der Waals surface area contributed by atoms with Gasteiger partial charge in [-0.3, -0.25) is 19.4 Å². The fourth-order valence-electron chi connectivity index (χ4n) is 7.87. The molecule has 0 aromatic heterocycles. The summed E-state index contributed by atoms with van der Waals surface area (Å²) in [5.74, 6) is 1.41. The number of benzene rings is 8. The second-order valence-corrected chi connectivity index (χ2v) is 16.4. The van der Waals surface area contributed by atoms with Gasteiger partial charge in [0.25, 0.3) is 0 Å². The van der Waals surface area contributed by atoms with Crippen molar-refractivity contribution in [2.75, 3.05) is 5.83 Å². The Kier molecular flexibility index (Phi) is 24.7. The van der Waals surface area contributed by atoms with Crippen LogP contribution in [0.5, 0.6) is 0 Å². The fraction of sp³-hybridized carbons (Fsp3) is 0.206. The molecule has 2 unspecified atom stereocenters. The Morgan fingerprint density at radius 2 is 0.514 bits per heavy atom. The van der Waals surface area contributed by atoms with Gasteiger partial charge in [-0.05, 0) is 63.2 Å². The van der Waals surface area contributed by atoms with E-state index < -0.39 is 12.1 Å². The largest absolute Gasteiger partial charge is 0.460 e. The van der Waals surface area contributed by atoms with E-state index in [0.29, 0.717) is 39.0 Å². The summed E-state index contributed by atoms with van der Waals surface area (Å²) in [5, 5.41) is 0. The van der Waals surface area contributed by atoms with Crippen LogP contribution in [0.25, 0.3) is 0 Å². The molecule has 0 saturated heterocycles. The van der Waals surface area contributed by atoms with Crippen LogP contribution in [0, 0.1) is 0 Å². The van der Waals surface area contributed by atoms with E-state index in [1.807, 2.05) is 190 Å². The van der Waals surface area contributed by atoms with Gasteiger partial charge in [-0.2, -0.15) is 0 Å². The predicted molar refractivity (Wildman–Crippen MR) is 291 cm³/mol. The summed E-state index contributed by atoms with van der Waals surface area (Å²) < 4.78 is 11.7. The number of hydrogen-bond acceptors (Lipinski definition) is 6. The molecule has 0 spiro atoms. The van der Waals surface area contributed by atoms with Gasteiger partial charge in [-0.1, -0.05) is 272 Å². The molecule has 360 valence electrons. The Morgan fingerprint density at radius 1 is 0.329 bits per heavy atom. The lowest BCUT2D eigenvalue weighted by Gasteiger charge is -2.30. The van der Waals surface area contributed by atoms with E-state index >= 15 is 0 Å². The summed E-state index contributed by atoms with van der Waals surface area (Å²) in [4.78, 5) is 31.4. The molecule has 0 saturated carbocycles. The normalized spacial score (nSPS) is 11.3. The molecule has 0 bridgehead atoms. The standard InChI is InChI=1S/2C30H29NO2.C2H6.CH3Br/c2*32-30(33-24-28-19-11-4-12-20-28)29(21-25-13-5-1-6-14-25)31(22-26-15-7-2-8-16-26)23-27-17-9-3-10-18-27;2*1-2/h2*1-20,29H,21-24H2;1-2H3;1H3. The first-order valence-corrected chi connectivity index (χ1v) is 25.6. The van der Waals surface area contributed by atoms with Crippen LogP contribution in [0.1, 0.15) is 58.4 Å². The lowest BCUT2D eigenvalue weighted by molar-refractivity contribution is -0.153. The van der Waals surface area contributed by atoms with Crippen molar-refractivity contribution in [2.45, 2.75) is 78.2 Å². The number of ether oxygens (including phenoxy) is 2. The van der Waals surface area contributed by atoms with Crippen LogP contribution in [0.3, 0.4) is 0 Å². The fourth-order valence-corrected chi connectivity index (χ4v) is 7.87. The maximum absolute atomic E-state index is 13.5. The first-order valence-electron chi connectivity index (χ1n) is 24.1. The molecule has 0 aliphatic carbocycles. The van der Waals surface area contributed by atoms with Crippen molar-refractivity contribution in [3.8, 4) is 0 Å². The Bertz CT molecular complexity index is 2310. The minimum Gasteiger partial charge on any atom is -0.460 e. The third kappa shape index (κ3) is 19.2. The molecule has 7 heteroatoms. The molecular formula is C63H67BrN2O4. The number of carbonyl (C=O) groups excluding carboxylic acids is 2. The molecule has 0 amide bonds. The van der Waals surface area contributed by atoms with E-state index in [2.05, 4.69) is 98.5 Å². The summed E-state index contributed by atoms with van der Waals surface area (Å²) in [6.07, 6.45) is 1.18. The van der Waals surface area contributed by atoms with Gasteiger partial charge in [0.05, 0.1) is 0 Å². The molecule has 2 atom stereocenters. The Hall–Kier alpha value is -6.90. The maximum Gasteiger partial charge on any atom is 0.324 e. The first kappa shape index (κ1) is 54.0. The van der Waals surface area contributed by atoms with Crippen molar-refractivity contribution >= 4 is 27.9 Å². The topological polar surface area (TPSA) is 59.1 Å². The van der Waals surface area contributed by atoms with Crippen LogP contribution in [0.2, 0.25) is 0 Å². The molecule has 8 rings (SSSR count). The van der Waals surface area contributed by atoms with Crippen LogP contribution in [-0.2, 0) is 71.3 Å². The number of halogens is 1. The summed E-state index contributed by atoms with van der Waals surface area (Å²) in [6, 6.07) is 80.4. The van der Waals surface area contributed by atoms with Gasteiger partial charge in [0.2, 0.25) is 0 Å². The lowest BCUT2D eigenvalue weighted by atomic mass is 10.0. The van der Waals surface area contributed by atoms with Crippen LogP contribution in [-0.4, -0.2) is 39.7 Å². The van der Waals surface area contributed by atoms with E-state index in [1.54, 1.807) is 0 Å². The molecular weight excluding hydrogens is 929 g/mol. The predicted octanol–water partition coefficient (Wildman–Crippen LogP) is 14.1. The average molecular weight is 996 g/mol. The average Bonchev–Trinajstić information content (AvgIpc) is 3.43. The number of esters is 2. The van der Waals surface area contributed by atoms with Crippen molar-refractivity contribution in [1.82, 2.24) is 9.80 Å². The number of hydrogen-bond donors (Lipinski definition) is 0. The zero-order valence-corrected chi connectivity index (χ0v) is 42.4. The number of rotatable bonds is 20. The zero-order valence-electron chi connectivity index (χ0n) is 40.8. The van der Waals surface area contributed by atoms with Crippen LogP contribution in [0.4, 0.5) is 0 Å². The minimum absolute atomic E-state index is 0.199. The molecule has 0 aliphatic heterocycles. The minimum atomic E-state index is -0.406. The van der Waals surface area contributed by atoms with Gasteiger partial charge in [-0.25, -0.2) is 0 Å². The second kappa shape index (κ2) is 32.0. The lowest BCUT2D eigenvalue weighted by Crippen LogP contribution is -2.43. The SMILES string of the molecule is CBr.CC.O=C(OCc1ccccc1)C(Cc1ccccc1)N(Cc1ccccc1)Cc1ccccc1.O=C(OCc1ccccc1)C(Cc1ccccc1)N(Cc1ccccc1)Cc1ccccc1. The molecule has 8 aromatic rings. The van der Waals surface area contributed by atoms with Crippen molar-refractivity contribution in [3.63, 3.8) is 0 Å². The van der Waals surface area contributed by atoms with Gasteiger partial charge >= 0.3 is 11.9 Å². The van der Waals surface area contributed by atoms with Crippen molar-refractivity contribution in [2.24, 2.45) is 0 Å². The van der Waals surface area contributed by atoms with Crippen LogP contribution in [0.15, 0.2) is 243 Å². The van der Waals surface area contributed by atoms with E-state index in [0.717, 1.165) is 22.3 Å². The highest BCUT2D eigenvalue weighted by molar-refractivity contribution is 9.08. The molecule has 0 N–H and O–H groups in total. The summed E-state index contributed by atoms with van der Waals surface area (Å²) in [7, 11) is 0. The Morgan fingerprint density at radius 3 is 0.729 bits per heavy atom. The van der Waals surface area contributed by atoms with Crippen molar-refractivity contribution in [1.29, 1.82) is 0 Å². The molecule has 0 heterocycles. The molecule has 70 heavy (non-hydrogen) atoms. The zero-order chi connectivity index (χ0) is 49.4. The van der Waals surface area contributed by atoms with Crippen LogP contribution < -0.4 is 0 Å². The molecule has 8 aromatic carbocycles. The highest BCUT2D eigenvalue weighted by Gasteiger charge is 2.30. The maximum atomic E-state index is 13.5. The molecule has 6 nitrogen and oxygen atoms in total. The summed E-state index contributed by atoms with van der Waals surface area (Å²) >= 11 is 2.94. The number of nitrogens with zero attached hydrogens (tertiary/aromatic N) is 2. The van der Waals surface area contributed by atoms with Crippen molar-refractivity contribution in [3.05, 3.63) is 287 Å². The van der Waals surface area contributed by atoms with Gasteiger partial charge in [0.1, 0.15) is 25.3 Å². The van der Waals surface area contributed by atoms with Gasteiger partial charge < -0.3 is 9.47 Å².